The number of amides is 1. The quantitative estimate of drug-likeness (QED) is 0.583. The van der Waals surface area contributed by atoms with E-state index in [9.17, 15) is 4.79 Å². The molecule has 0 saturated heterocycles. The summed E-state index contributed by atoms with van der Waals surface area (Å²) in [5.74, 6) is 0.677. The number of hydrogen-bond donors (Lipinski definition) is 1. The van der Waals surface area contributed by atoms with E-state index in [-0.39, 0.29) is 5.91 Å². The third-order valence-corrected chi connectivity index (χ3v) is 4.28. The number of hydrogen-bond acceptors (Lipinski definition) is 3. The smallest absolute Gasteiger partial charge is 0.251 e. The highest BCUT2D eigenvalue weighted by atomic mass is 16.5. The molecule has 148 valence electrons. The number of nitrogens with one attached hydrogen (secondary N) is 1. The second kappa shape index (κ2) is 11.8. The Morgan fingerprint density at radius 3 is 2.54 bits per heavy atom. The van der Waals surface area contributed by atoms with Crippen molar-refractivity contribution in [2.45, 2.75) is 40.0 Å². The fourth-order valence-corrected chi connectivity index (χ4v) is 2.63. The number of allylic oxidation sites excluding steroid dienone is 3. The summed E-state index contributed by atoms with van der Waals surface area (Å²) in [4.78, 5) is 16.5. The predicted octanol–water partition coefficient (Wildman–Crippen LogP) is 5.13. The topological polar surface area (TPSA) is 51.2 Å². The fourth-order valence-electron chi connectivity index (χ4n) is 2.63. The summed E-state index contributed by atoms with van der Waals surface area (Å²) < 4.78 is 5.75. The number of benzene rings is 1. The van der Waals surface area contributed by atoms with Crippen LogP contribution < -0.4 is 10.1 Å². The maximum atomic E-state index is 12.2. The van der Waals surface area contributed by atoms with E-state index in [0.29, 0.717) is 25.1 Å². The van der Waals surface area contributed by atoms with Crippen LogP contribution in [0.15, 0.2) is 72.0 Å². The molecule has 2 aromatic rings. The average molecular weight is 379 g/mol. The number of rotatable bonds is 10. The number of aromatic nitrogens is 1. The maximum absolute atomic E-state index is 12.2. The number of carbonyl (C=O) groups excluding carboxylic acids is 1. The molecule has 1 N–H and O–H groups in total. The molecule has 1 aromatic carbocycles. The lowest BCUT2D eigenvalue weighted by Gasteiger charge is -2.07. The highest BCUT2D eigenvalue weighted by Gasteiger charge is 2.05. The summed E-state index contributed by atoms with van der Waals surface area (Å²) in [6.07, 6.45) is 8.94. The Morgan fingerprint density at radius 1 is 1.07 bits per heavy atom. The van der Waals surface area contributed by atoms with Gasteiger partial charge >= 0.3 is 0 Å². The van der Waals surface area contributed by atoms with Crippen molar-refractivity contribution < 1.29 is 9.53 Å². The van der Waals surface area contributed by atoms with E-state index >= 15 is 0 Å². The minimum absolute atomic E-state index is 0.0857. The summed E-state index contributed by atoms with van der Waals surface area (Å²) in [7, 11) is 0. The van der Waals surface area contributed by atoms with Gasteiger partial charge in [-0.05, 0) is 76.1 Å². The van der Waals surface area contributed by atoms with Gasteiger partial charge < -0.3 is 10.1 Å². The Morgan fingerprint density at radius 2 is 1.86 bits per heavy atom. The molecular weight excluding hydrogens is 348 g/mol. The van der Waals surface area contributed by atoms with E-state index in [1.165, 1.54) is 11.1 Å². The van der Waals surface area contributed by atoms with Crippen molar-refractivity contribution in [1.29, 1.82) is 0 Å². The van der Waals surface area contributed by atoms with Crippen molar-refractivity contribution in [3.63, 3.8) is 0 Å². The summed E-state index contributed by atoms with van der Waals surface area (Å²) in [6.45, 7) is 7.46. The predicted molar refractivity (Wildman–Crippen MR) is 115 cm³/mol. The number of nitrogens with zero attached hydrogens (tertiary/aromatic N) is 1. The molecule has 1 amide bonds. The highest BCUT2D eigenvalue weighted by Crippen LogP contribution is 2.13. The van der Waals surface area contributed by atoms with Gasteiger partial charge in [-0.15, -0.1) is 0 Å². The lowest BCUT2D eigenvalue weighted by molar-refractivity contribution is 0.0954. The van der Waals surface area contributed by atoms with Crippen molar-refractivity contribution in [3.8, 4) is 5.75 Å². The SMILES string of the molecule is CC(C)=CCCC(C)=CCOc1ccc(C(=O)NCCc2ccccn2)cc1. The molecule has 2 rings (SSSR count). The molecule has 0 bridgehead atoms. The molecular formula is C24H30N2O2. The van der Waals surface area contributed by atoms with Crippen LogP contribution >= 0.6 is 0 Å². The molecule has 28 heavy (non-hydrogen) atoms. The Kier molecular flexibility index (Phi) is 8.99. The van der Waals surface area contributed by atoms with Crippen molar-refractivity contribution >= 4 is 5.91 Å². The normalized spacial score (nSPS) is 11.0. The summed E-state index contributed by atoms with van der Waals surface area (Å²) in [5.41, 5.74) is 4.27. The van der Waals surface area contributed by atoms with E-state index in [0.717, 1.165) is 24.3 Å². The molecule has 0 saturated carbocycles. The van der Waals surface area contributed by atoms with Crippen LogP contribution in [0.2, 0.25) is 0 Å². The van der Waals surface area contributed by atoms with Crippen LogP contribution in [0.5, 0.6) is 5.75 Å². The van der Waals surface area contributed by atoms with Gasteiger partial charge in [-0.25, -0.2) is 0 Å². The lowest BCUT2D eigenvalue weighted by Crippen LogP contribution is -2.25. The van der Waals surface area contributed by atoms with E-state index in [1.807, 2.05) is 30.3 Å². The molecule has 0 radical (unpaired) electrons. The van der Waals surface area contributed by atoms with Gasteiger partial charge in [-0.3, -0.25) is 9.78 Å². The van der Waals surface area contributed by atoms with Crippen LogP contribution in [-0.2, 0) is 6.42 Å². The van der Waals surface area contributed by atoms with E-state index in [1.54, 1.807) is 18.3 Å². The lowest BCUT2D eigenvalue weighted by atomic mass is 10.1. The van der Waals surface area contributed by atoms with Gasteiger partial charge in [0.25, 0.3) is 5.91 Å². The number of ether oxygens (including phenoxy) is 1. The molecule has 4 nitrogen and oxygen atoms in total. The van der Waals surface area contributed by atoms with Crippen molar-refractivity contribution in [1.82, 2.24) is 10.3 Å². The van der Waals surface area contributed by atoms with Crippen molar-refractivity contribution in [2.24, 2.45) is 0 Å². The highest BCUT2D eigenvalue weighted by molar-refractivity contribution is 5.94. The van der Waals surface area contributed by atoms with E-state index in [2.05, 4.69) is 43.2 Å². The van der Waals surface area contributed by atoms with Gasteiger partial charge in [0.1, 0.15) is 12.4 Å². The summed E-state index contributed by atoms with van der Waals surface area (Å²) in [5, 5.41) is 2.92. The first-order valence-corrected chi connectivity index (χ1v) is 9.74. The third kappa shape index (κ3) is 8.21. The van der Waals surface area contributed by atoms with Crippen LogP contribution in [0.25, 0.3) is 0 Å². The Hall–Kier alpha value is -2.88. The van der Waals surface area contributed by atoms with Crippen molar-refractivity contribution in [3.05, 3.63) is 83.2 Å². The fraction of sp³-hybridized carbons (Fsp3) is 0.333. The molecule has 0 atom stereocenters. The van der Waals surface area contributed by atoms with Crippen LogP contribution in [0.4, 0.5) is 0 Å². The van der Waals surface area contributed by atoms with Crippen molar-refractivity contribution in [2.75, 3.05) is 13.2 Å². The van der Waals surface area contributed by atoms with Gasteiger partial charge in [-0.1, -0.05) is 23.3 Å². The Labute approximate surface area is 168 Å². The zero-order valence-corrected chi connectivity index (χ0v) is 17.1. The number of pyridine rings is 1. The molecule has 1 heterocycles. The van der Waals surface area contributed by atoms with Crippen LogP contribution in [0, 0.1) is 0 Å². The van der Waals surface area contributed by atoms with Crippen LogP contribution in [0.1, 0.15) is 49.7 Å². The maximum Gasteiger partial charge on any atom is 0.251 e. The van der Waals surface area contributed by atoms with Gasteiger partial charge in [-0.2, -0.15) is 0 Å². The second-order valence-corrected chi connectivity index (χ2v) is 7.03. The standard InChI is InChI=1S/C24H30N2O2/c1-19(2)7-6-8-20(3)15-18-28-23-12-10-21(11-13-23)24(27)26-17-14-22-9-4-5-16-25-22/h4-5,7,9-13,15-16H,6,8,14,17-18H2,1-3H3,(H,26,27). The molecule has 0 unspecified atom stereocenters. The summed E-state index contributed by atoms with van der Waals surface area (Å²) >= 11 is 0. The monoisotopic (exact) mass is 378 g/mol. The van der Waals surface area contributed by atoms with E-state index in [4.69, 9.17) is 4.74 Å². The zero-order chi connectivity index (χ0) is 20.2. The molecule has 0 aliphatic rings. The molecule has 0 spiro atoms. The van der Waals surface area contributed by atoms with Gasteiger partial charge in [0.05, 0.1) is 0 Å². The molecule has 0 fully saturated rings. The Bertz CT molecular complexity index is 789. The van der Waals surface area contributed by atoms with Crippen LogP contribution in [-0.4, -0.2) is 24.0 Å². The molecule has 4 heteroatoms. The van der Waals surface area contributed by atoms with Crippen LogP contribution in [0.3, 0.4) is 0 Å². The molecule has 0 aliphatic carbocycles. The number of carbonyl (C=O) groups is 1. The van der Waals surface area contributed by atoms with Gasteiger partial charge in [0.15, 0.2) is 0 Å². The largest absolute Gasteiger partial charge is 0.490 e. The average Bonchev–Trinajstić information content (AvgIpc) is 2.69. The molecule has 0 aliphatic heterocycles. The minimum atomic E-state index is -0.0857. The first kappa shape index (κ1) is 21.4. The minimum Gasteiger partial charge on any atom is -0.490 e. The first-order valence-electron chi connectivity index (χ1n) is 9.74. The van der Waals surface area contributed by atoms with Gasteiger partial charge in [0, 0.05) is 30.4 Å². The second-order valence-electron chi connectivity index (χ2n) is 7.03. The molecule has 1 aromatic heterocycles. The van der Waals surface area contributed by atoms with Gasteiger partial charge in [0.2, 0.25) is 0 Å². The summed E-state index contributed by atoms with van der Waals surface area (Å²) in [6, 6.07) is 13.0. The third-order valence-electron chi connectivity index (χ3n) is 4.28. The van der Waals surface area contributed by atoms with E-state index < -0.39 is 0 Å². The zero-order valence-electron chi connectivity index (χ0n) is 17.1. The Balaban J connectivity index is 1.73. The first-order chi connectivity index (χ1) is 13.5.